The van der Waals surface area contributed by atoms with Crippen molar-refractivity contribution >= 4 is 5.91 Å². The molecule has 0 saturated carbocycles. The molecule has 0 bridgehead atoms. The van der Waals surface area contributed by atoms with Crippen LogP contribution in [0.25, 0.3) is 0 Å². The number of nitrogens with one attached hydrogen (secondary N) is 1. The van der Waals surface area contributed by atoms with Crippen LogP contribution >= 0.6 is 0 Å². The maximum Gasteiger partial charge on any atom is 0.224 e. The van der Waals surface area contributed by atoms with Crippen molar-refractivity contribution < 1.29 is 4.79 Å². The molecule has 0 unspecified atom stereocenters. The number of aromatic amines is 1. The molecule has 1 atom stereocenters. The van der Waals surface area contributed by atoms with E-state index in [1.165, 1.54) is 11.3 Å². The van der Waals surface area contributed by atoms with Gasteiger partial charge in [-0.3, -0.25) is 14.6 Å². The van der Waals surface area contributed by atoms with Gasteiger partial charge in [-0.1, -0.05) is 0 Å². The minimum absolute atomic E-state index is 0.211. The molecule has 6 nitrogen and oxygen atoms in total. The number of hydrogen-bond acceptors (Lipinski definition) is 3. The van der Waals surface area contributed by atoms with Crippen LogP contribution in [0.2, 0.25) is 0 Å². The molecular formula is C15H21N5O. The second-order valence-electron chi connectivity index (χ2n) is 5.76. The van der Waals surface area contributed by atoms with Gasteiger partial charge in [0.05, 0.1) is 11.9 Å². The van der Waals surface area contributed by atoms with Crippen molar-refractivity contribution in [2.75, 3.05) is 13.1 Å². The van der Waals surface area contributed by atoms with Crippen molar-refractivity contribution in [3.8, 4) is 0 Å². The van der Waals surface area contributed by atoms with Crippen LogP contribution in [0.3, 0.4) is 0 Å². The summed E-state index contributed by atoms with van der Waals surface area (Å²) in [6, 6.07) is 1.96. The second kappa shape index (κ2) is 5.71. The number of amides is 1. The van der Waals surface area contributed by atoms with E-state index in [0.29, 0.717) is 18.9 Å². The number of hydrogen-bond donors (Lipinski definition) is 1. The Hall–Kier alpha value is -2.11. The van der Waals surface area contributed by atoms with Crippen LogP contribution in [-0.4, -0.2) is 43.9 Å². The molecule has 3 heterocycles. The third-order valence-electron chi connectivity index (χ3n) is 4.15. The lowest BCUT2D eigenvalue weighted by Gasteiger charge is -2.16. The predicted molar refractivity (Wildman–Crippen MR) is 78.8 cm³/mol. The molecule has 21 heavy (non-hydrogen) atoms. The highest BCUT2D eigenvalue weighted by Gasteiger charge is 2.28. The first-order valence-corrected chi connectivity index (χ1v) is 7.41. The molecule has 1 aliphatic rings. The van der Waals surface area contributed by atoms with Crippen LogP contribution in [0, 0.1) is 13.8 Å². The Labute approximate surface area is 124 Å². The highest BCUT2D eigenvalue weighted by Crippen LogP contribution is 2.27. The maximum absolute atomic E-state index is 12.3. The summed E-state index contributed by atoms with van der Waals surface area (Å²) in [6.07, 6.45) is 5.29. The number of H-pyrrole nitrogens is 1. The minimum Gasteiger partial charge on any atom is -0.342 e. The predicted octanol–water partition coefficient (Wildman–Crippen LogP) is 1.63. The lowest BCUT2D eigenvalue weighted by atomic mass is 10.0. The van der Waals surface area contributed by atoms with Gasteiger partial charge in [0.15, 0.2) is 0 Å². The number of carbonyl (C=O) groups is 1. The summed E-state index contributed by atoms with van der Waals surface area (Å²) in [6.45, 7) is 6.29. The Morgan fingerprint density at radius 3 is 3.00 bits per heavy atom. The first-order valence-electron chi connectivity index (χ1n) is 7.41. The summed E-state index contributed by atoms with van der Waals surface area (Å²) in [7, 11) is 0. The lowest BCUT2D eigenvalue weighted by Crippen LogP contribution is -2.29. The maximum atomic E-state index is 12.3. The van der Waals surface area contributed by atoms with E-state index in [4.69, 9.17) is 0 Å². The summed E-state index contributed by atoms with van der Waals surface area (Å²) < 4.78 is 1.83. The SMILES string of the molecule is Cc1ccn(CCC(=O)N2CC[C@@H](c3[nH]ncc3C)C2)n1. The average molecular weight is 287 g/mol. The van der Waals surface area contributed by atoms with Gasteiger partial charge in [0.2, 0.25) is 5.91 Å². The third-order valence-corrected chi connectivity index (χ3v) is 4.15. The van der Waals surface area contributed by atoms with E-state index in [-0.39, 0.29) is 5.91 Å². The standard InChI is InChI=1S/C15H21N5O/c1-11-9-16-17-15(11)13-4-6-19(10-13)14(21)5-8-20-7-3-12(2)18-20/h3,7,9,13H,4-6,8,10H2,1-2H3,(H,16,17)/t13-/m1/s1. The highest BCUT2D eigenvalue weighted by atomic mass is 16.2. The molecule has 0 spiro atoms. The summed E-state index contributed by atoms with van der Waals surface area (Å²) in [5.74, 6) is 0.603. The van der Waals surface area contributed by atoms with E-state index in [9.17, 15) is 4.79 Å². The van der Waals surface area contributed by atoms with E-state index in [1.54, 1.807) is 0 Å². The largest absolute Gasteiger partial charge is 0.342 e. The molecule has 112 valence electrons. The molecule has 0 aromatic carbocycles. The Morgan fingerprint density at radius 2 is 2.33 bits per heavy atom. The van der Waals surface area contributed by atoms with Gasteiger partial charge >= 0.3 is 0 Å². The van der Waals surface area contributed by atoms with Crippen molar-refractivity contribution in [1.29, 1.82) is 0 Å². The van der Waals surface area contributed by atoms with E-state index in [2.05, 4.69) is 22.2 Å². The molecule has 1 fully saturated rings. The highest BCUT2D eigenvalue weighted by molar-refractivity contribution is 5.76. The number of nitrogens with zero attached hydrogens (tertiary/aromatic N) is 4. The quantitative estimate of drug-likeness (QED) is 0.929. The van der Waals surface area contributed by atoms with Crippen LogP contribution < -0.4 is 0 Å². The van der Waals surface area contributed by atoms with Gasteiger partial charge in [-0.2, -0.15) is 10.2 Å². The monoisotopic (exact) mass is 287 g/mol. The summed E-state index contributed by atoms with van der Waals surface area (Å²) >= 11 is 0. The fraction of sp³-hybridized carbons (Fsp3) is 0.533. The Morgan fingerprint density at radius 1 is 1.48 bits per heavy atom. The molecule has 2 aromatic rings. The van der Waals surface area contributed by atoms with Crippen LogP contribution in [0.4, 0.5) is 0 Å². The molecule has 0 radical (unpaired) electrons. The summed E-state index contributed by atoms with van der Waals surface area (Å²) in [4.78, 5) is 14.2. The average Bonchev–Trinajstić information content (AvgIpc) is 3.16. The zero-order chi connectivity index (χ0) is 14.8. The van der Waals surface area contributed by atoms with Crippen LogP contribution in [0.15, 0.2) is 18.5 Å². The molecule has 3 rings (SSSR count). The lowest BCUT2D eigenvalue weighted by molar-refractivity contribution is -0.130. The van der Waals surface area contributed by atoms with Crippen molar-refractivity contribution in [3.63, 3.8) is 0 Å². The van der Waals surface area contributed by atoms with Gasteiger partial charge in [-0.25, -0.2) is 0 Å². The van der Waals surface area contributed by atoms with E-state index >= 15 is 0 Å². The molecule has 1 N–H and O–H groups in total. The van der Waals surface area contributed by atoms with E-state index in [0.717, 1.165) is 25.2 Å². The van der Waals surface area contributed by atoms with E-state index < -0.39 is 0 Å². The molecule has 1 aliphatic heterocycles. The smallest absolute Gasteiger partial charge is 0.224 e. The molecule has 0 aliphatic carbocycles. The number of likely N-dealkylation sites (tertiary alicyclic amines) is 1. The summed E-state index contributed by atoms with van der Waals surface area (Å²) in [5, 5.41) is 11.4. The third kappa shape index (κ3) is 2.99. The van der Waals surface area contributed by atoms with Crippen LogP contribution in [0.1, 0.15) is 35.7 Å². The first-order chi connectivity index (χ1) is 10.1. The molecule has 6 heteroatoms. The first kappa shape index (κ1) is 13.9. The number of carbonyl (C=O) groups excluding carboxylic acids is 1. The van der Waals surface area contributed by atoms with Crippen molar-refractivity contribution in [2.24, 2.45) is 0 Å². The number of rotatable bonds is 4. The second-order valence-corrected chi connectivity index (χ2v) is 5.76. The van der Waals surface area contributed by atoms with Gasteiger partial charge < -0.3 is 4.90 Å². The van der Waals surface area contributed by atoms with Crippen molar-refractivity contribution in [1.82, 2.24) is 24.9 Å². The fourth-order valence-electron chi connectivity index (χ4n) is 2.95. The topological polar surface area (TPSA) is 66.8 Å². The van der Waals surface area contributed by atoms with Gasteiger partial charge in [0, 0.05) is 43.9 Å². The molecule has 1 amide bonds. The normalized spacial score (nSPS) is 18.4. The van der Waals surface area contributed by atoms with Gasteiger partial charge in [-0.05, 0) is 31.9 Å². The molecule has 2 aromatic heterocycles. The minimum atomic E-state index is 0.211. The van der Waals surface area contributed by atoms with Crippen molar-refractivity contribution in [2.45, 2.75) is 39.2 Å². The zero-order valence-corrected chi connectivity index (χ0v) is 12.5. The Kier molecular flexibility index (Phi) is 3.77. The Bertz CT molecular complexity index is 630. The molecule has 1 saturated heterocycles. The number of aryl methyl sites for hydroxylation is 3. The zero-order valence-electron chi connectivity index (χ0n) is 12.5. The Balaban J connectivity index is 1.53. The number of aromatic nitrogens is 4. The van der Waals surface area contributed by atoms with Crippen LogP contribution in [-0.2, 0) is 11.3 Å². The van der Waals surface area contributed by atoms with Crippen LogP contribution in [0.5, 0.6) is 0 Å². The van der Waals surface area contributed by atoms with Gasteiger partial charge in [0.1, 0.15) is 0 Å². The van der Waals surface area contributed by atoms with Gasteiger partial charge in [0.25, 0.3) is 0 Å². The van der Waals surface area contributed by atoms with Crippen molar-refractivity contribution in [3.05, 3.63) is 35.4 Å². The fourth-order valence-corrected chi connectivity index (χ4v) is 2.95. The van der Waals surface area contributed by atoms with E-state index in [1.807, 2.05) is 35.0 Å². The summed E-state index contributed by atoms with van der Waals surface area (Å²) in [5.41, 5.74) is 3.34. The molecular weight excluding hydrogens is 266 g/mol. The van der Waals surface area contributed by atoms with Gasteiger partial charge in [-0.15, -0.1) is 0 Å².